The van der Waals surface area contributed by atoms with E-state index in [0.717, 1.165) is 19.1 Å². The molecule has 1 aliphatic rings. The van der Waals surface area contributed by atoms with Gasteiger partial charge in [0.15, 0.2) is 11.5 Å². The number of rotatable bonds is 11. The van der Waals surface area contributed by atoms with Crippen molar-refractivity contribution in [3.63, 3.8) is 0 Å². The lowest BCUT2D eigenvalue weighted by Crippen LogP contribution is -2.51. The van der Waals surface area contributed by atoms with Crippen LogP contribution in [0.5, 0.6) is 0 Å². The molecule has 0 aliphatic carbocycles. The lowest BCUT2D eigenvalue weighted by atomic mass is 10.1. The number of nitrogens with zero attached hydrogens (tertiary/aromatic N) is 4. The molecule has 1 unspecified atom stereocenters. The number of ether oxygens (including phenoxy) is 1. The first kappa shape index (κ1) is 27.6. The number of fused-ring (bicyclic) bond motifs is 1. The minimum absolute atomic E-state index is 0.141. The van der Waals surface area contributed by atoms with Gasteiger partial charge in [0, 0.05) is 40.0 Å². The molecule has 35 heavy (non-hydrogen) atoms. The highest BCUT2D eigenvalue weighted by molar-refractivity contribution is 7.89. The van der Waals surface area contributed by atoms with Gasteiger partial charge in [-0.15, -0.1) is 0 Å². The highest BCUT2D eigenvalue weighted by Crippen LogP contribution is 2.18. The first-order valence-corrected chi connectivity index (χ1v) is 17.7. The van der Waals surface area contributed by atoms with Gasteiger partial charge >= 0.3 is 6.03 Å². The van der Waals surface area contributed by atoms with Gasteiger partial charge in [-0.05, 0) is 37.3 Å². The quantitative estimate of drug-likeness (QED) is 0.342. The van der Waals surface area contributed by atoms with Crippen molar-refractivity contribution in [1.29, 1.82) is 0 Å². The van der Waals surface area contributed by atoms with E-state index in [1.54, 1.807) is 0 Å². The second-order valence-corrected chi connectivity index (χ2v) is 18.6. The highest BCUT2D eigenvalue weighted by Gasteiger charge is 2.29. The maximum absolute atomic E-state index is 12.6. The van der Waals surface area contributed by atoms with Crippen LogP contribution in [0, 0.1) is 5.92 Å². The molecule has 2 N–H and O–H groups in total. The summed E-state index contributed by atoms with van der Waals surface area (Å²) in [6, 6.07) is 2.28. The standard InChI is InChI=1S/C23H40N6O4SSi/c1-18(2)9-13-34(31,32)29-10-6-7-19(16-29)25-23(30)27-21-15-24-22-20(26-21)8-11-28(22)17-33-12-14-35(3,4)5/h8,11,15,18-19H,6-7,9-10,12-14,16-17H2,1-5H3,(H2,25,26,27,30). The van der Waals surface area contributed by atoms with Crippen molar-refractivity contribution >= 4 is 41.1 Å². The number of nitrogens with one attached hydrogen (secondary N) is 2. The molecule has 1 saturated heterocycles. The number of sulfonamides is 1. The van der Waals surface area contributed by atoms with Gasteiger partial charge < -0.3 is 14.6 Å². The highest BCUT2D eigenvalue weighted by atomic mass is 32.2. The lowest BCUT2D eigenvalue weighted by molar-refractivity contribution is 0.0899. The Hall–Kier alpha value is -2.02. The molecule has 2 amide bonds. The second-order valence-electron chi connectivity index (χ2n) is 10.9. The minimum atomic E-state index is -3.32. The molecule has 196 valence electrons. The second kappa shape index (κ2) is 11.8. The largest absolute Gasteiger partial charge is 0.361 e. The Morgan fingerprint density at radius 2 is 2.09 bits per heavy atom. The number of amides is 2. The molecule has 0 spiro atoms. The van der Waals surface area contributed by atoms with E-state index in [-0.39, 0.29) is 11.8 Å². The molecule has 1 fully saturated rings. The number of aromatic nitrogens is 3. The molecular formula is C23H40N6O4SSi. The van der Waals surface area contributed by atoms with Crippen molar-refractivity contribution in [3.8, 4) is 0 Å². The molecule has 12 heteroatoms. The Labute approximate surface area is 209 Å². The van der Waals surface area contributed by atoms with Gasteiger partial charge in [-0.1, -0.05) is 33.5 Å². The van der Waals surface area contributed by atoms with E-state index in [1.807, 2.05) is 30.7 Å². The van der Waals surface area contributed by atoms with E-state index in [9.17, 15) is 13.2 Å². The van der Waals surface area contributed by atoms with E-state index in [0.29, 0.717) is 55.6 Å². The van der Waals surface area contributed by atoms with Crippen LogP contribution in [-0.2, 0) is 21.5 Å². The number of hydrogen-bond acceptors (Lipinski definition) is 6. The van der Waals surface area contributed by atoms with E-state index in [1.165, 1.54) is 10.5 Å². The van der Waals surface area contributed by atoms with Crippen molar-refractivity contribution in [3.05, 3.63) is 18.5 Å². The van der Waals surface area contributed by atoms with Crippen LogP contribution >= 0.6 is 0 Å². The zero-order valence-electron chi connectivity index (χ0n) is 21.6. The summed E-state index contributed by atoms with van der Waals surface area (Å²) in [5.41, 5.74) is 1.36. The Balaban J connectivity index is 1.52. The summed E-state index contributed by atoms with van der Waals surface area (Å²) in [6.45, 7) is 12.9. The maximum atomic E-state index is 12.6. The van der Waals surface area contributed by atoms with Crippen LogP contribution in [0.4, 0.5) is 10.6 Å². The Morgan fingerprint density at radius 1 is 1.31 bits per heavy atom. The Bertz CT molecular complexity index is 1100. The summed E-state index contributed by atoms with van der Waals surface area (Å²) < 4.78 is 34.5. The van der Waals surface area contributed by atoms with Crippen LogP contribution in [0.3, 0.4) is 0 Å². The fourth-order valence-corrected chi connectivity index (χ4v) is 6.43. The third-order valence-electron chi connectivity index (χ3n) is 6.00. The molecule has 10 nitrogen and oxygen atoms in total. The molecule has 0 saturated carbocycles. The molecule has 0 aromatic carbocycles. The number of hydrogen-bond donors (Lipinski definition) is 2. The summed E-state index contributed by atoms with van der Waals surface area (Å²) in [4.78, 5) is 21.5. The number of urea groups is 1. The minimum Gasteiger partial charge on any atom is -0.361 e. The number of anilines is 1. The molecule has 0 radical (unpaired) electrons. The molecule has 3 heterocycles. The van der Waals surface area contributed by atoms with Gasteiger partial charge in [0.25, 0.3) is 0 Å². The van der Waals surface area contributed by atoms with Gasteiger partial charge in [0.2, 0.25) is 10.0 Å². The van der Waals surface area contributed by atoms with Gasteiger partial charge in [-0.25, -0.2) is 23.2 Å². The smallest absolute Gasteiger partial charge is 0.320 e. The van der Waals surface area contributed by atoms with Crippen LogP contribution < -0.4 is 10.6 Å². The predicted molar refractivity (Wildman–Crippen MR) is 142 cm³/mol. The van der Waals surface area contributed by atoms with Gasteiger partial charge in [0.1, 0.15) is 12.2 Å². The van der Waals surface area contributed by atoms with Crippen LogP contribution in [0.2, 0.25) is 25.7 Å². The molecule has 3 rings (SSSR count). The zero-order chi connectivity index (χ0) is 25.6. The molecule has 1 atom stereocenters. The van der Waals surface area contributed by atoms with Gasteiger partial charge in [-0.3, -0.25) is 5.32 Å². The van der Waals surface area contributed by atoms with Crippen molar-refractivity contribution in [2.24, 2.45) is 5.92 Å². The van der Waals surface area contributed by atoms with Crippen LogP contribution in [-0.4, -0.2) is 72.9 Å². The van der Waals surface area contributed by atoms with Gasteiger partial charge in [-0.2, -0.15) is 4.31 Å². The van der Waals surface area contributed by atoms with E-state index < -0.39 is 24.1 Å². The average Bonchev–Trinajstić information content (AvgIpc) is 3.17. The number of carbonyl (C=O) groups is 1. The maximum Gasteiger partial charge on any atom is 0.320 e. The summed E-state index contributed by atoms with van der Waals surface area (Å²) in [5.74, 6) is 0.805. The Morgan fingerprint density at radius 3 is 2.80 bits per heavy atom. The first-order valence-electron chi connectivity index (χ1n) is 12.4. The van der Waals surface area contributed by atoms with E-state index >= 15 is 0 Å². The normalized spacial score (nSPS) is 17.7. The monoisotopic (exact) mass is 524 g/mol. The fraction of sp³-hybridized carbons (Fsp3) is 0.696. The summed E-state index contributed by atoms with van der Waals surface area (Å²) in [5, 5.41) is 5.61. The predicted octanol–water partition coefficient (Wildman–Crippen LogP) is 3.71. The van der Waals surface area contributed by atoms with Crippen LogP contribution in [0.25, 0.3) is 11.2 Å². The first-order chi connectivity index (χ1) is 16.4. The van der Waals surface area contributed by atoms with E-state index in [4.69, 9.17) is 4.74 Å². The van der Waals surface area contributed by atoms with Crippen molar-refractivity contribution in [1.82, 2.24) is 24.2 Å². The van der Waals surface area contributed by atoms with E-state index in [2.05, 4.69) is 40.2 Å². The lowest BCUT2D eigenvalue weighted by Gasteiger charge is -2.32. The Kier molecular flexibility index (Phi) is 9.30. The number of piperidine rings is 1. The van der Waals surface area contributed by atoms with Crippen LogP contribution in [0.1, 0.15) is 33.1 Å². The zero-order valence-corrected chi connectivity index (χ0v) is 23.4. The van der Waals surface area contributed by atoms with Crippen molar-refractivity contribution < 1.29 is 17.9 Å². The molecule has 2 aromatic rings. The topological polar surface area (TPSA) is 118 Å². The SMILES string of the molecule is CC(C)CCS(=O)(=O)N1CCCC(NC(=O)Nc2cnc3c(ccn3COCC[Si](C)(C)C)n2)C1. The van der Waals surface area contributed by atoms with Crippen molar-refractivity contribution in [2.75, 3.05) is 30.8 Å². The molecule has 1 aliphatic heterocycles. The third-order valence-corrected chi connectivity index (χ3v) is 9.57. The summed E-state index contributed by atoms with van der Waals surface area (Å²) in [6.07, 6.45) is 5.47. The third kappa shape index (κ3) is 8.55. The molecule has 2 aromatic heterocycles. The van der Waals surface area contributed by atoms with Crippen LogP contribution in [0.15, 0.2) is 18.5 Å². The summed E-state index contributed by atoms with van der Waals surface area (Å²) in [7, 11) is -4.45. The average molecular weight is 525 g/mol. The van der Waals surface area contributed by atoms with Gasteiger partial charge in [0.05, 0.1) is 11.9 Å². The molecular weight excluding hydrogens is 484 g/mol. The summed E-state index contributed by atoms with van der Waals surface area (Å²) >= 11 is 0. The number of carbonyl (C=O) groups excluding carboxylic acids is 1. The van der Waals surface area contributed by atoms with Crippen molar-refractivity contribution in [2.45, 2.75) is 71.6 Å². The fourth-order valence-electron chi connectivity index (χ4n) is 3.83. The molecule has 0 bridgehead atoms.